The van der Waals surface area contributed by atoms with Gasteiger partial charge in [0.15, 0.2) is 5.58 Å². The van der Waals surface area contributed by atoms with Crippen molar-refractivity contribution in [2.45, 2.75) is 13.8 Å². The maximum absolute atomic E-state index is 12.2. The molecule has 4 aromatic rings. The first-order chi connectivity index (χ1) is 9.65. The summed E-state index contributed by atoms with van der Waals surface area (Å²) in [6.07, 6.45) is 0. The molecule has 0 atom stereocenters. The van der Waals surface area contributed by atoms with Crippen LogP contribution in [-0.4, -0.2) is 0 Å². The van der Waals surface area contributed by atoms with Gasteiger partial charge in [0, 0.05) is 5.39 Å². The van der Waals surface area contributed by atoms with Gasteiger partial charge in [0.1, 0.15) is 16.6 Å². The molecule has 0 radical (unpaired) electrons. The number of para-hydroxylation sites is 1. The number of furan rings is 1. The lowest BCUT2D eigenvalue weighted by atomic mass is 10.1. The fourth-order valence-corrected chi connectivity index (χ4v) is 2.64. The van der Waals surface area contributed by atoms with Gasteiger partial charge in [-0.1, -0.05) is 12.1 Å². The summed E-state index contributed by atoms with van der Waals surface area (Å²) in [7, 11) is 0. The Morgan fingerprint density at radius 3 is 2.45 bits per heavy atom. The first-order valence-corrected chi connectivity index (χ1v) is 6.50. The second-order valence-electron chi connectivity index (χ2n) is 5.12. The Labute approximate surface area is 114 Å². The van der Waals surface area contributed by atoms with Crippen LogP contribution < -0.4 is 5.63 Å². The molecule has 20 heavy (non-hydrogen) atoms. The topological polar surface area (TPSA) is 43.4 Å². The van der Waals surface area contributed by atoms with Crippen molar-refractivity contribution < 1.29 is 8.83 Å². The van der Waals surface area contributed by atoms with Crippen LogP contribution in [0.5, 0.6) is 0 Å². The highest BCUT2D eigenvalue weighted by Crippen LogP contribution is 2.32. The minimum Gasteiger partial charge on any atom is -0.455 e. The molecule has 0 unspecified atom stereocenters. The standard InChI is InChI=1S/C17H12O3/c1-9-7-12-14(8-10(9)2)19-16-11-5-3-4-6-13(11)20-17(18)15(12)16/h3-8H,1-2H3. The molecule has 0 N–H and O–H groups in total. The van der Waals surface area contributed by atoms with E-state index in [0.29, 0.717) is 16.6 Å². The zero-order valence-electron chi connectivity index (χ0n) is 11.2. The van der Waals surface area contributed by atoms with Gasteiger partial charge < -0.3 is 8.83 Å². The molecule has 0 saturated carbocycles. The molecule has 0 aliphatic heterocycles. The molecule has 0 bridgehead atoms. The third kappa shape index (κ3) is 1.37. The number of rotatable bonds is 0. The maximum Gasteiger partial charge on any atom is 0.348 e. The van der Waals surface area contributed by atoms with E-state index in [1.165, 1.54) is 0 Å². The zero-order chi connectivity index (χ0) is 13.9. The van der Waals surface area contributed by atoms with Gasteiger partial charge in [-0.25, -0.2) is 4.79 Å². The summed E-state index contributed by atoms with van der Waals surface area (Å²) in [5, 5.41) is 2.18. The predicted octanol–water partition coefficient (Wildman–Crippen LogP) is 4.31. The Morgan fingerprint density at radius 1 is 0.850 bits per heavy atom. The Morgan fingerprint density at radius 2 is 1.60 bits per heavy atom. The van der Waals surface area contributed by atoms with Crippen LogP contribution in [0.1, 0.15) is 11.1 Å². The lowest BCUT2D eigenvalue weighted by Crippen LogP contribution is -1.98. The van der Waals surface area contributed by atoms with E-state index in [0.717, 1.165) is 27.5 Å². The van der Waals surface area contributed by atoms with Crippen molar-refractivity contribution in [3.8, 4) is 0 Å². The van der Waals surface area contributed by atoms with Crippen LogP contribution in [0.15, 0.2) is 50.0 Å². The zero-order valence-corrected chi connectivity index (χ0v) is 11.2. The molecule has 0 saturated heterocycles. The van der Waals surface area contributed by atoms with Crippen molar-refractivity contribution in [2.24, 2.45) is 0 Å². The first-order valence-electron chi connectivity index (χ1n) is 6.50. The van der Waals surface area contributed by atoms with Crippen LogP contribution in [0.25, 0.3) is 32.9 Å². The van der Waals surface area contributed by atoms with Crippen LogP contribution in [0.2, 0.25) is 0 Å². The molecule has 3 nitrogen and oxygen atoms in total. The Balaban J connectivity index is 2.35. The minimum absolute atomic E-state index is 0.347. The largest absolute Gasteiger partial charge is 0.455 e. The number of aryl methyl sites for hydroxylation is 2. The fraction of sp³-hybridized carbons (Fsp3) is 0.118. The minimum atomic E-state index is -0.347. The fourth-order valence-electron chi connectivity index (χ4n) is 2.64. The van der Waals surface area contributed by atoms with Gasteiger partial charge in [0.05, 0.1) is 5.39 Å². The van der Waals surface area contributed by atoms with Crippen LogP contribution in [0.3, 0.4) is 0 Å². The molecule has 2 aromatic carbocycles. The van der Waals surface area contributed by atoms with E-state index in [4.69, 9.17) is 8.83 Å². The van der Waals surface area contributed by atoms with E-state index >= 15 is 0 Å². The van der Waals surface area contributed by atoms with Gasteiger partial charge in [0.2, 0.25) is 0 Å². The molecule has 4 rings (SSSR count). The summed E-state index contributed by atoms with van der Waals surface area (Å²) in [6, 6.07) is 11.4. The van der Waals surface area contributed by atoms with Gasteiger partial charge in [-0.05, 0) is 49.2 Å². The second kappa shape index (κ2) is 3.73. The van der Waals surface area contributed by atoms with E-state index < -0.39 is 0 Å². The number of fused-ring (bicyclic) bond motifs is 5. The summed E-state index contributed by atoms with van der Waals surface area (Å²) >= 11 is 0. The molecule has 0 aliphatic rings. The van der Waals surface area contributed by atoms with E-state index in [1.807, 2.05) is 44.2 Å². The molecule has 98 valence electrons. The summed E-state index contributed by atoms with van der Waals surface area (Å²) in [5.74, 6) is 0. The smallest absolute Gasteiger partial charge is 0.348 e. The lowest BCUT2D eigenvalue weighted by molar-refractivity contribution is 0.567. The highest BCUT2D eigenvalue weighted by Gasteiger charge is 2.16. The highest BCUT2D eigenvalue weighted by molar-refractivity contribution is 6.13. The van der Waals surface area contributed by atoms with Gasteiger partial charge in [-0.15, -0.1) is 0 Å². The van der Waals surface area contributed by atoms with Crippen LogP contribution in [0.4, 0.5) is 0 Å². The molecule has 0 amide bonds. The molecule has 0 fully saturated rings. The van der Waals surface area contributed by atoms with Gasteiger partial charge in [-0.3, -0.25) is 0 Å². The van der Waals surface area contributed by atoms with Crippen molar-refractivity contribution in [3.05, 3.63) is 57.9 Å². The Bertz CT molecular complexity index is 1030. The summed E-state index contributed by atoms with van der Waals surface area (Å²) in [4.78, 5) is 12.2. The van der Waals surface area contributed by atoms with Crippen molar-refractivity contribution in [2.75, 3.05) is 0 Å². The lowest BCUT2D eigenvalue weighted by Gasteiger charge is -1.98. The van der Waals surface area contributed by atoms with Crippen molar-refractivity contribution in [1.82, 2.24) is 0 Å². The van der Waals surface area contributed by atoms with Crippen LogP contribution in [0, 0.1) is 13.8 Å². The molecule has 0 spiro atoms. The summed E-state index contributed by atoms with van der Waals surface area (Å²) < 4.78 is 11.3. The molecular formula is C17H12O3. The van der Waals surface area contributed by atoms with Crippen molar-refractivity contribution >= 4 is 32.9 Å². The monoisotopic (exact) mass is 264 g/mol. The van der Waals surface area contributed by atoms with Crippen molar-refractivity contribution in [1.29, 1.82) is 0 Å². The Kier molecular flexibility index (Phi) is 2.11. The van der Waals surface area contributed by atoms with E-state index in [-0.39, 0.29) is 5.63 Å². The molecule has 0 aliphatic carbocycles. The van der Waals surface area contributed by atoms with Gasteiger partial charge in [-0.2, -0.15) is 0 Å². The SMILES string of the molecule is Cc1cc2oc3c4ccccc4oc(=O)c3c2cc1C. The second-order valence-corrected chi connectivity index (χ2v) is 5.12. The highest BCUT2D eigenvalue weighted by atomic mass is 16.4. The van der Waals surface area contributed by atoms with Gasteiger partial charge in [0.25, 0.3) is 0 Å². The average molecular weight is 264 g/mol. The van der Waals surface area contributed by atoms with E-state index in [1.54, 1.807) is 6.07 Å². The number of benzene rings is 2. The molecule has 2 aromatic heterocycles. The summed E-state index contributed by atoms with van der Waals surface area (Å²) in [5.41, 5.74) is 3.82. The maximum atomic E-state index is 12.2. The molecule has 3 heteroatoms. The quantitative estimate of drug-likeness (QED) is 0.444. The molecule has 2 heterocycles. The van der Waals surface area contributed by atoms with E-state index in [2.05, 4.69) is 0 Å². The van der Waals surface area contributed by atoms with Crippen LogP contribution in [-0.2, 0) is 0 Å². The summed E-state index contributed by atoms with van der Waals surface area (Å²) in [6.45, 7) is 4.05. The number of hydrogen-bond acceptors (Lipinski definition) is 3. The number of hydrogen-bond donors (Lipinski definition) is 0. The van der Waals surface area contributed by atoms with Crippen molar-refractivity contribution in [3.63, 3.8) is 0 Å². The van der Waals surface area contributed by atoms with E-state index in [9.17, 15) is 4.79 Å². The Hall–Kier alpha value is -2.55. The average Bonchev–Trinajstić information content (AvgIpc) is 2.79. The third-order valence-electron chi connectivity index (χ3n) is 3.84. The normalized spacial score (nSPS) is 11.7. The van der Waals surface area contributed by atoms with Crippen LogP contribution >= 0.6 is 0 Å². The molecular weight excluding hydrogens is 252 g/mol. The third-order valence-corrected chi connectivity index (χ3v) is 3.84. The first kappa shape index (κ1) is 11.3. The van der Waals surface area contributed by atoms with Gasteiger partial charge >= 0.3 is 5.63 Å². The predicted molar refractivity (Wildman–Crippen MR) is 79.2 cm³/mol.